The number of nitrogens with one attached hydrogen (secondary N) is 1. The summed E-state index contributed by atoms with van der Waals surface area (Å²) in [4.78, 5) is 4.62. The van der Waals surface area contributed by atoms with E-state index in [-0.39, 0.29) is 11.6 Å². The van der Waals surface area contributed by atoms with Gasteiger partial charge in [-0.2, -0.15) is 0 Å². The van der Waals surface area contributed by atoms with E-state index < -0.39 is 0 Å². The van der Waals surface area contributed by atoms with Crippen LogP contribution in [0.5, 0.6) is 0 Å². The Bertz CT molecular complexity index is 409. The topological polar surface area (TPSA) is 55.1 Å². The van der Waals surface area contributed by atoms with E-state index >= 15 is 0 Å². The van der Waals surface area contributed by atoms with E-state index in [0.717, 1.165) is 16.7 Å². The molecule has 1 saturated heterocycles. The predicted octanol–water partition coefficient (Wildman–Crippen LogP) is 1.35. The minimum Gasteiger partial charge on any atom is -0.359 e. The highest BCUT2D eigenvalue weighted by molar-refractivity contribution is 8.14. The van der Waals surface area contributed by atoms with E-state index in [1.807, 2.05) is 18.5 Å². The van der Waals surface area contributed by atoms with Crippen LogP contribution in [0.2, 0.25) is 0 Å². The molecule has 1 N–H and O–H groups in total. The van der Waals surface area contributed by atoms with E-state index in [2.05, 4.69) is 34.4 Å². The first-order valence-electron chi connectivity index (χ1n) is 5.31. The molecule has 1 unspecified atom stereocenters. The Morgan fingerprint density at radius 2 is 2.38 bits per heavy atom. The van der Waals surface area contributed by atoms with Gasteiger partial charge in [-0.1, -0.05) is 11.8 Å². The summed E-state index contributed by atoms with van der Waals surface area (Å²) in [5.41, 5.74) is 0.142. The van der Waals surface area contributed by atoms with Gasteiger partial charge in [-0.3, -0.25) is 4.99 Å². The van der Waals surface area contributed by atoms with Crippen LogP contribution in [0, 0.1) is 0 Å². The average molecular weight is 239 g/mol. The molecule has 2 heterocycles. The Morgan fingerprint density at radius 3 is 2.88 bits per heavy atom. The van der Waals surface area contributed by atoms with Gasteiger partial charge in [-0.15, -0.1) is 10.2 Å². The fraction of sp³-hybridized carbons (Fsp3) is 0.700. The Morgan fingerprint density at radius 1 is 1.62 bits per heavy atom. The number of aromatic nitrogens is 3. The van der Waals surface area contributed by atoms with Crippen LogP contribution in [0.3, 0.4) is 0 Å². The summed E-state index contributed by atoms with van der Waals surface area (Å²) < 4.78 is 1.90. The Hall–Kier alpha value is -1.04. The number of rotatable bonds is 2. The quantitative estimate of drug-likeness (QED) is 0.846. The second-order valence-corrected chi connectivity index (χ2v) is 5.67. The van der Waals surface area contributed by atoms with Crippen molar-refractivity contribution in [2.45, 2.75) is 32.4 Å². The van der Waals surface area contributed by atoms with Crippen LogP contribution in [0.4, 0.5) is 0 Å². The van der Waals surface area contributed by atoms with Gasteiger partial charge in [0.05, 0.1) is 0 Å². The number of aryl methyl sites for hydroxylation is 1. The fourth-order valence-electron chi connectivity index (χ4n) is 1.58. The molecule has 0 amide bonds. The molecule has 1 fully saturated rings. The maximum Gasteiger partial charge on any atom is 0.157 e. The second-order valence-electron chi connectivity index (χ2n) is 4.71. The summed E-state index contributed by atoms with van der Waals surface area (Å²) >= 11 is 1.76. The van der Waals surface area contributed by atoms with E-state index in [0.29, 0.717) is 0 Å². The highest BCUT2D eigenvalue weighted by atomic mass is 32.2. The molecule has 1 atom stereocenters. The van der Waals surface area contributed by atoms with Crippen LogP contribution in [0.15, 0.2) is 11.3 Å². The monoisotopic (exact) mass is 239 g/mol. The summed E-state index contributed by atoms with van der Waals surface area (Å²) in [7, 11) is 1.94. The van der Waals surface area contributed by atoms with Crippen molar-refractivity contribution >= 4 is 16.9 Å². The normalized spacial score (nSPS) is 23.4. The number of thioether (sulfide) groups is 1. The van der Waals surface area contributed by atoms with Crippen LogP contribution in [0.1, 0.15) is 32.6 Å². The van der Waals surface area contributed by atoms with Crippen LogP contribution in [0.25, 0.3) is 0 Å². The lowest BCUT2D eigenvalue weighted by Crippen LogP contribution is -2.37. The first kappa shape index (κ1) is 11.4. The first-order valence-corrected chi connectivity index (χ1v) is 6.29. The average Bonchev–Trinajstić information content (AvgIpc) is 2.72. The number of nitrogens with zero attached hydrogens (tertiary/aromatic N) is 4. The van der Waals surface area contributed by atoms with E-state index in [1.54, 1.807) is 18.1 Å². The third kappa shape index (κ3) is 2.37. The van der Waals surface area contributed by atoms with Gasteiger partial charge in [-0.05, 0) is 20.8 Å². The highest BCUT2D eigenvalue weighted by Crippen LogP contribution is 2.24. The Labute approximate surface area is 99.7 Å². The predicted molar refractivity (Wildman–Crippen MR) is 66.5 cm³/mol. The minimum absolute atomic E-state index is 0.0383. The maximum absolute atomic E-state index is 4.62. The molecule has 0 bridgehead atoms. The first-order chi connectivity index (χ1) is 7.48. The van der Waals surface area contributed by atoms with Gasteiger partial charge in [-0.25, -0.2) is 0 Å². The number of hydrogen-bond donors (Lipinski definition) is 1. The molecule has 0 aliphatic carbocycles. The molecule has 0 aromatic carbocycles. The van der Waals surface area contributed by atoms with Crippen molar-refractivity contribution in [3.05, 3.63) is 12.2 Å². The smallest absolute Gasteiger partial charge is 0.157 e. The van der Waals surface area contributed by atoms with Crippen molar-refractivity contribution in [1.29, 1.82) is 0 Å². The summed E-state index contributed by atoms with van der Waals surface area (Å²) in [6.07, 6.45) is 1.70. The molecule has 16 heavy (non-hydrogen) atoms. The van der Waals surface area contributed by atoms with Crippen LogP contribution >= 0.6 is 11.8 Å². The summed E-state index contributed by atoms with van der Waals surface area (Å²) in [6, 6.07) is 0.0383. The van der Waals surface area contributed by atoms with Gasteiger partial charge in [0.25, 0.3) is 0 Å². The van der Waals surface area contributed by atoms with E-state index in [1.165, 1.54) is 0 Å². The van der Waals surface area contributed by atoms with Crippen molar-refractivity contribution < 1.29 is 0 Å². The zero-order valence-corrected chi connectivity index (χ0v) is 10.9. The summed E-state index contributed by atoms with van der Waals surface area (Å²) in [6.45, 7) is 6.38. The Balaban J connectivity index is 2.11. The maximum atomic E-state index is 4.62. The molecule has 6 heteroatoms. The molecule has 2 rings (SSSR count). The molecule has 0 radical (unpaired) electrons. The molecule has 0 spiro atoms. The molecule has 88 valence electrons. The van der Waals surface area contributed by atoms with Gasteiger partial charge in [0, 0.05) is 18.3 Å². The molecule has 1 aliphatic rings. The van der Waals surface area contributed by atoms with Crippen LogP contribution in [-0.2, 0) is 7.05 Å². The molecule has 1 aromatic heterocycles. The fourth-order valence-corrected chi connectivity index (χ4v) is 2.73. The van der Waals surface area contributed by atoms with Gasteiger partial charge < -0.3 is 9.88 Å². The van der Waals surface area contributed by atoms with Crippen molar-refractivity contribution in [2.75, 3.05) is 5.75 Å². The van der Waals surface area contributed by atoms with E-state index in [9.17, 15) is 0 Å². The molecular weight excluding hydrogens is 222 g/mol. The zero-order valence-electron chi connectivity index (χ0n) is 10.1. The lowest BCUT2D eigenvalue weighted by atomic mass is 10.1. The van der Waals surface area contributed by atoms with Crippen LogP contribution < -0.4 is 5.32 Å². The zero-order chi connectivity index (χ0) is 11.8. The van der Waals surface area contributed by atoms with Crippen molar-refractivity contribution in [3.63, 3.8) is 0 Å². The third-order valence-corrected chi connectivity index (χ3v) is 3.79. The minimum atomic E-state index is 0.0383. The molecule has 1 aliphatic heterocycles. The third-order valence-electron chi connectivity index (χ3n) is 2.45. The Kier molecular flexibility index (Phi) is 2.92. The molecular formula is C10H17N5S. The molecule has 1 aromatic rings. The molecule has 0 saturated carbocycles. The van der Waals surface area contributed by atoms with Crippen molar-refractivity contribution in [3.8, 4) is 0 Å². The van der Waals surface area contributed by atoms with Gasteiger partial charge in [0.2, 0.25) is 0 Å². The lowest BCUT2D eigenvalue weighted by Gasteiger charge is -2.16. The van der Waals surface area contributed by atoms with Crippen molar-refractivity contribution in [2.24, 2.45) is 12.0 Å². The number of aliphatic imine (C=N–C) groups is 1. The number of amidine groups is 1. The SMILES string of the molecule is CC(N=C1NC(C)(C)CS1)c1nncn1C. The van der Waals surface area contributed by atoms with Gasteiger partial charge in [0.1, 0.15) is 12.4 Å². The lowest BCUT2D eigenvalue weighted by molar-refractivity contribution is 0.534. The summed E-state index contributed by atoms with van der Waals surface area (Å²) in [5.74, 6) is 1.94. The largest absolute Gasteiger partial charge is 0.359 e. The second kappa shape index (κ2) is 4.08. The highest BCUT2D eigenvalue weighted by Gasteiger charge is 2.28. The van der Waals surface area contributed by atoms with Crippen LogP contribution in [-0.4, -0.2) is 31.2 Å². The van der Waals surface area contributed by atoms with Gasteiger partial charge in [0.15, 0.2) is 11.0 Å². The van der Waals surface area contributed by atoms with Crippen molar-refractivity contribution in [1.82, 2.24) is 20.1 Å². The van der Waals surface area contributed by atoms with E-state index in [4.69, 9.17) is 0 Å². The van der Waals surface area contributed by atoms with Gasteiger partial charge >= 0.3 is 0 Å². The molecule has 5 nitrogen and oxygen atoms in total. The standard InChI is InChI=1S/C10H17N5S/c1-7(8-14-11-6-15(8)4)12-9-13-10(2,3)5-16-9/h6-7H,5H2,1-4H3,(H,12,13). The summed E-state index contributed by atoms with van der Waals surface area (Å²) in [5, 5.41) is 12.3. The number of hydrogen-bond acceptors (Lipinski definition) is 4.